The van der Waals surface area contributed by atoms with Crippen LogP contribution in [0.4, 0.5) is 17.6 Å². The molecule has 1 aliphatic carbocycles. The van der Waals surface area contributed by atoms with Gasteiger partial charge in [-0.15, -0.1) is 0 Å². The van der Waals surface area contributed by atoms with Crippen LogP contribution in [0, 0.1) is 11.7 Å². The van der Waals surface area contributed by atoms with Crippen molar-refractivity contribution < 1.29 is 31.8 Å². The Kier molecular flexibility index (Phi) is 5.95. The highest BCUT2D eigenvalue weighted by Crippen LogP contribution is 2.49. The maximum Gasteiger partial charge on any atom is 0.422 e. The highest BCUT2D eigenvalue weighted by Gasteiger charge is 2.45. The van der Waals surface area contributed by atoms with Crippen LogP contribution < -0.4 is 14.8 Å². The first-order valence-corrected chi connectivity index (χ1v) is 8.97. The van der Waals surface area contributed by atoms with Gasteiger partial charge in [0.05, 0.1) is 25.0 Å². The molecule has 1 heterocycles. The van der Waals surface area contributed by atoms with Gasteiger partial charge in [-0.3, -0.25) is 9.78 Å². The minimum Gasteiger partial charge on any atom is -0.497 e. The van der Waals surface area contributed by atoms with Crippen molar-refractivity contribution in [2.75, 3.05) is 13.7 Å². The molecule has 5 nitrogen and oxygen atoms in total. The van der Waals surface area contributed by atoms with Gasteiger partial charge in [0, 0.05) is 5.92 Å². The third kappa shape index (κ3) is 5.36. The van der Waals surface area contributed by atoms with Crippen LogP contribution >= 0.6 is 0 Å². The van der Waals surface area contributed by atoms with E-state index in [1.807, 2.05) is 0 Å². The van der Waals surface area contributed by atoms with E-state index in [9.17, 15) is 22.4 Å². The molecule has 0 aliphatic heterocycles. The minimum atomic E-state index is -4.43. The molecule has 0 saturated heterocycles. The Hall–Kier alpha value is -2.84. The summed E-state index contributed by atoms with van der Waals surface area (Å²) in [4.78, 5) is 16.5. The lowest BCUT2D eigenvalue weighted by molar-refractivity contribution is -0.153. The van der Waals surface area contributed by atoms with Crippen molar-refractivity contribution in [2.24, 2.45) is 5.92 Å². The summed E-state index contributed by atoms with van der Waals surface area (Å²) in [6.07, 6.45) is -2.72. The molecular weight excluding hydrogens is 392 g/mol. The number of aromatic nitrogens is 1. The summed E-state index contributed by atoms with van der Waals surface area (Å²) in [7, 11) is 1.49. The molecule has 1 aliphatic rings. The van der Waals surface area contributed by atoms with Crippen molar-refractivity contribution in [2.45, 2.75) is 31.5 Å². The number of ether oxygens (including phenoxy) is 2. The number of hydrogen-bond donors (Lipinski definition) is 1. The van der Waals surface area contributed by atoms with Crippen LogP contribution in [0.2, 0.25) is 0 Å². The van der Waals surface area contributed by atoms with Gasteiger partial charge < -0.3 is 14.8 Å². The molecule has 3 atom stereocenters. The largest absolute Gasteiger partial charge is 0.497 e. The third-order valence-electron chi connectivity index (χ3n) is 4.69. The van der Waals surface area contributed by atoms with Gasteiger partial charge in [0.15, 0.2) is 6.61 Å². The summed E-state index contributed by atoms with van der Waals surface area (Å²) in [5.74, 6) is -0.672. The molecule has 1 saturated carbocycles. The molecule has 0 spiro atoms. The zero-order valence-electron chi connectivity index (χ0n) is 15.8. The molecule has 1 aromatic carbocycles. The number of alkyl halides is 3. The first-order valence-electron chi connectivity index (χ1n) is 8.97. The predicted molar refractivity (Wildman–Crippen MR) is 96.1 cm³/mol. The van der Waals surface area contributed by atoms with E-state index in [1.54, 1.807) is 13.0 Å². The van der Waals surface area contributed by atoms with Crippen LogP contribution in [0.1, 0.15) is 36.6 Å². The number of benzene rings is 1. The number of amides is 1. The maximum absolute atomic E-state index is 14.1. The summed E-state index contributed by atoms with van der Waals surface area (Å²) < 4.78 is 60.3. The van der Waals surface area contributed by atoms with E-state index in [0.29, 0.717) is 23.4 Å². The van der Waals surface area contributed by atoms with Gasteiger partial charge in [-0.1, -0.05) is 0 Å². The smallest absolute Gasteiger partial charge is 0.422 e. The SMILES string of the molecule is COc1ccc(F)c(C2CC2C(=O)N[C@H](C)c2ccc(OCC(F)(F)F)cn2)c1. The molecule has 9 heteroatoms. The van der Waals surface area contributed by atoms with Crippen molar-refractivity contribution >= 4 is 5.91 Å². The Morgan fingerprint density at radius 2 is 2.00 bits per heavy atom. The van der Waals surface area contributed by atoms with E-state index in [0.717, 1.165) is 0 Å². The minimum absolute atomic E-state index is 0.0136. The van der Waals surface area contributed by atoms with Crippen molar-refractivity contribution in [3.05, 3.63) is 53.6 Å². The van der Waals surface area contributed by atoms with Crippen LogP contribution in [-0.2, 0) is 4.79 Å². The van der Waals surface area contributed by atoms with Gasteiger partial charge in [-0.25, -0.2) is 4.39 Å². The number of hydrogen-bond acceptors (Lipinski definition) is 4. The first-order chi connectivity index (χ1) is 13.7. The Labute approximate surface area is 165 Å². The second-order valence-corrected chi connectivity index (χ2v) is 6.89. The van der Waals surface area contributed by atoms with Gasteiger partial charge in [-0.2, -0.15) is 13.2 Å². The number of rotatable bonds is 7. The van der Waals surface area contributed by atoms with E-state index in [1.165, 1.54) is 37.6 Å². The monoisotopic (exact) mass is 412 g/mol. The summed E-state index contributed by atoms with van der Waals surface area (Å²) in [6.45, 7) is 0.310. The number of carbonyl (C=O) groups is 1. The lowest BCUT2D eigenvalue weighted by Crippen LogP contribution is -2.29. The molecule has 3 rings (SSSR count). The number of methoxy groups -OCH3 is 1. The fourth-order valence-corrected chi connectivity index (χ4v) is 3.05. The number of nitrogens with zero attached hydrogens (tertiary/aromatic N) is 1. The molecule has 2 aromatic rings. The van der Waals surface area contributed by atoms with Crippen LogP contribution in [0.15, 0.2) is 36.5 Å². The van der Waals surface area contributed by atoms with Gasteiger partial charge in [0.1, 0.15) is 17.3 Å². The van der Waals surface area contributed by atoms with Crippen LogP contribution in [0.5, 0.6) is 11.5 Å². The topological polar surface area (TPSA) is 60.5 Å². The van der Waals surface area contributed by atoms with Crippen molar-refractivity contribution in [1.29, 1.82) is 0 Å². The van der Waals surface area contributed by atoms with Gasteiger partial charge in [0.2, 0.25) is 5.91 Å². The van der Waals surface area contributed by atoms with Gasteiger partial charge >= 0.3 is 6.18 Å². The van der Waals surface area contributed by atoms with Crippen LogP contribution in [0.25, 0.3) is 0 Å². The van der Waals surface area contributed by atoms with E-state index in [2.05, 4.69) is 15.0 Å². The summed E-state index contributed by atoms with van der Waals surface area (Å²) >= 11 is 0. The lowest BCUT2D eigenvalue weighted by atomic mass is 10.1. The summed E-state index contributed by atoms with van der Waals surface area (Å²) in [6, 6.07) is 6.82. The summed E-state index contributed by atoms with van der Waals surface area (Å²) in [5.41, 5.74) is 0.920. The molecule has 1 amide bonds. The molecule has 156 valence electrons. The molecular formula is C20H20F4N2O3. The number of pyridine rings is 1. The molecule has 0 radical (unpaired) electrons. The molecule has 1 aromatic heterocycles. The summed E-state index contributed by atoms with van der Waals surface area (Å²) in [5, 5.41) is 2.81. The number of carbonyl (C=O) groups excluding carboxylic acids is 1. The lowest BCUT2D eigenvalue weighted by Gasteiger charge is -2.15. The zero-order chi connectivity index (χ0) is 21.2. The second-order valence-electron chi connectivity index (χ2n) is 6.89. The van der Waals surface area contributed by atoms with Crippen molar-refractivity contribution in [3.63, 3.8) is 0 Å². The van der Waals surface area contributed by atoms with E-state index >= 15 is 0 Å². The standard InChI is InChI=1S/C20H20F4N2O3/c1-11(18-6-4-13(9-25-18)29-10-20(22,23)24)26-19(27)16-8-14(16)15-7-12(28-2)3-5-17(15)21/h3-7,9,11,14,16H,8,10H2,1-2H3,(H,26,27)/t11-,14?,16?/m1/s1. The second kappa shape index (κ2) is 8.26. The Balaban J connectivity index is 1.56. The highest BCUT2D eigenvalue weighted by atomic mass is 19.4. The van der Waals surface area contributed by atoms with Crippen molar-refractivity contribution in [1.82, 2.24) is 10.3 Å². The molecule has 29 heavy (non-hydrogen) atoms. The Bertz CT molecular complexity index is 871. The zero-order valence-corrected chi connectivity index (χ0v) is 15.8. The highest BCUT2D eigenvalue weighted by molar-refractivity contribution is 5.83. The van der Waals surface area contributed by atoms with E-state index < -0.39 is 18.8 Å². The fourth-order valence-electron chi connectivity index (χ4n) is 3.05. The molecule has 1 N–H and O–H groups in total. The maximum atomic E-state index is 14.1. The van der Waals surface area contributed by atoms with E-state index in [-0.39, 0.29) is 29.3 Å². The van der Waals surface area contributed by atoms with Gasteiger partial charge in [0.25, 0.3) is 0 Å². The third-order valence-corrected chi connectivity index (χ3v) is 4.69. The van der Waals surface area contributed by atoms with E-state index in [4.69, 9.17) is 4.74 Å². The predicted octanol–water partition coefficient (Wildman–Crippen LogP) is 4.15. The van der Waals surface area contributed by atoms with Crippen molar-refractivity contribution in [3.8, 4) is 11.5 Å². The molecule has 1 fully saturated rings. The number of nitrogens with one attached hydrogen (secondary N) is 1. The average Bonchev–Trinajstić information content (AvgIpc) is 3.47. The fraction of sp³-hybridized carbons (Fsp3) is 0.400. The molecule has 2 unspecified atom stereocenters. The Morgan fingerprint density at radius 1 is 1.28 bits per heavy atom. The first kappa shape index (κ1) is 20.9. The normalized spacial score (nSPS) is 19.4. The Morgan fingerprint density at radius 3 is 2.62 bits per heavy atom. The number of halogens is 4. The van der Waals surface area contributed by atoms with Gasteiger partial charge in [-0.05, 0) is 55.2 Å². The van der Waals surface area contributed by atoms with Crippen LogP contribution in [-0.4, -0.2) is 30.8 Å². The quantitative estimate of drug-likeness (QED) is 0.694. The molecule has 0 bridgehead atoms. The van der Waals surface area contributed by atoms with Crippen LogP contribution in [0.3, 0.4) is 0 Å². The average molecular weight is 412 g/mol.